The Morgan fingerprint density at radius 3 is 2.60 bits per heavy atom. The molecule has 1 fully saturated rings. The first-order valence-corrected chi connectivity index (χ1v) is 11.6. The minimum Gasteiger partial charge on any atom is -0.494 e. The smallest absolute Gasteiger partial charge is 0.271 e. The summed E-state index contributed by atoms with van der Waals surface area (Å²) in [5.41, 5.74) is 3.40. The predicted octanol–water partition coefficient (Wildman–Crippen LogP) is 5.36. The van der Waals surface area contributed by atoms with Crippen LogP contribution in [0.1, 0.15) is 30.4 Å². The van der Waals surface area contributed by atoms with E-state index in [1.165, 1.54) is 6.07 Å². The first-order chi connectivity index (χ1) is 17.1. The fourth-order valence-corrected chi connectivity index (χ4v) is 4.78. The maximum absolute atomic E-state index is 11.4. The van der Waals surface area contributed by atoms with Crippen molar-refractivity contribution < 1.29 is 9.66 Å². The highest BCUT2D eigenvalue weighted by Crippen LogP contribution is 2.42. The Balaban J connectivity index is 1.63. The number of non-ortho nitro benzene ring substituents is 1. The molecule has 0 unspecified atom stereocenters. The van der Waals surface area contributed by atoms with Crippen molar-refractivity contribution in [1.29, 1.82) is 0 Å². The molecular formula is C26H23N5O3S. The summed E-state index contributed by atoms with van der Waals surface area (Å²) in [4.78, 5) is 17.7. The Kier molecular flexibility index (Phi) is 6.15. The van der Waals surface area contributed by atoms with Gasteiger partial charge in [-0.2, -0.15) is 0 Å². The van der Waals surface area contributed by atoms with Crippen LogP contribution in [0.25, 0.3) is 5.69 Å². The molecule has 0 radical (unpaired) electrons. The molecule has 1 saturated heterocycles. The molecule has 1 N–H and O–H groups in total. The average molecular weight is 486 g/mol. The average Bonchev–Trinajstić information content (AvgIpc) is 3.50. The van der Waals surface area contributed by atoms with Gasteiger partial charge < -0.3 is 19.5 Å². The summed E-state index contributed by atoms with van der Waals surface area (Å²) in [6.07, 6.45) is 3.66. The Morgan fingerprint density at radius 1 is 1.06 bits per heavy atom. The van der Waals surface area contributed by atoms with E-state index in [0.717, 1.165) is 22.8 Å². The number of pyridine rings is 1. The molecule has 0 amide bonds. The summed E-state index contributed by atoms with van der Waals surface area (Å²) in [7, 11) is 0. The summed E-state index contributed by atoms with van der Waals surface area (Å²) in [5, 5.41) is 15.4. The lowest BCUT2D eigenvalue weighted by Crippen LogP contribution is -2.30. The summed E-state index contributed by atoms with van der Waals surface area (Å²) in [6.45, 7) is 2.53. The zero-order chi connectivity index (χ0) is 24.4. The van der Waals surface area contributed by atoms with Crippen molar-refractivity contribution in [1.82, 2.24) is 14.9 Å². The number of nitrogens with zero attached hydrogens (tertiary/aromatic N) is 4. The van der Waals surface area contributed by atoms with Crippen LogP contribution in [-0.4, -0.2) is 26.2 Å². The number of aromatic nitrogens is 2. The quantitative estimate of drug-likeness (QED) is 0.214. The van der Waals surface area contributed by atoms with Gasteiger partial charge in [-0.15, -0.1) is 0 Å². The highest BCUT2D eigenvalue weighted by molar-refractivity contribution is 7.80. The van der Waals surface area contributed by atoms with Gasteiger partial charge in [-0.25, -0.2) is 0 Å². The number of nitro groups is 1. The second-order valence-electron chi connectivity index (χ2n) is 8.00. The van der Waals surface area contributed by atoms with Crippen molar-refractivity contribution in [2.45, 2.75) is 19.0 Å². The highest BCUT2D eigenvalue weighted by Gasteiger charge is 2.42. The molecule has 1 aliphatic rings. The number of benzene rings is 2. The first kappa shape index (κ1) is 22.5. The number of ether oxygens (including phenoxy) is 1. The molecule has 2 atom stereocenters. The largest absolute Gasteiger partial charge is 0.494 e. The predicted molar refractivity (Wildman–Crippen MR) is 138 cm³/mol. The van der Waals surface area contributed by atoms with Crippen LogP contribution in [0.4, 0.5) is 11.4 Å². The zero-order valence-corrected chi connectivity index (χ0v) is 19.8. The van der Waals surface area contributed by atoms with Gasteiger partial charge in [0.05, 0.1) is 29.0 Å². The lowest BCUT2D eigenvalue weighted by atomic mass is 10.0. The van der Waals surface area contributed by atoms with Gasteiger partial charge in [-0.1, -0.05) is 12.1 Å². The third-order valence-corrected chi connectivity index (χ3v) is 6.24. The topological polar surface area (TPSA) is 85.5 Å². The number of thiocarbonyl (C=S) groups is 1. The van der Waals surface area contributed by atoms with Gasteiger partial charge in [0.2, 0.25) is 0 Å². The Bertz CT molecular complexity index is 1360. The van der Waals surface area contributed by atoms with E-state index in [2.05, 4.69) is 15.2 Å². The number of hydrogen-bond donors (Lipinski definition) is 1. The van der Waals surface area contributed by atoms with E-state index in [-0.39, 0.29) is 22.7 Å². The second-order valence-corrected chi connectivity index (χ2v) is 8.39. The van der Waals surface area contributed by atoms with Gasteiger partial charge in [0.1, 0.15) is 11.8 Å². The summed E-state index contributed by atoms with van der Waals surface area (Å²) >= 11 is 5.81. The van der Waals surface area contributed by atoms with Gasteiger partial charge in [-0.05, 0) is 73.7 Å². The molecule has 3 heterocycles. The monoisotopic (exact) mass is 485 g/mol. The minimum atomic E-state index is -0.387. The van der Waals surface area contributed by atoms with Crippen LogP contribution in [-0.2, 0) is 0 Å². The molecule has 0 saturated carbocycles. The van der Waals surface area contributed by atoms with Crippen LogP contribution in [0.2, 0.25) is 0 Å². The molecule has 1 aliphatic heterocycles. The van der Waals surface area contributed by atoms with E-state index in [1.54, 1.807) is 18.3 Å². The molecule has 8 nitrogen and oxygen atoms in total. The van der Waals surface area contributed by atoms with Crippen LogP contribution >= 0.6 is 12.2 Å². The Labute approximate surface area is 207 Å². The van der Waals surface area contributed by atoms with Crippen molar-refractivity contribution in [2.75, 3.05) is 11.5 Å². The van der Waals surface area contributed by atoms with Crippen molar-refractivity contribution in [3.8, 4) is 11.4 Å². The maximum Gasteiger partial charge on any atom is 0.271 e. The molecule has 0 spiro atoms. The van der Waals surface area contributed by atoms with Crippen LogP contribution < -0.4 is 15.0 Å². The lowest BCUT2D eigenvalue weighted by Gasteiger charge is -2.29. The van der Waals surface area contributed by atoms with Gasteiger partial charge in [-0.3, -0.25) is 15.1 Å². The molecule has 4 aromatic rings. The minimum absolute atomic E-state index is 0.0341. The highest BCUT2D eigenvalue weighted by atomic mass is 32.1. The molecule has 0 bridgehead atoms. The maximum atomic E-state index is 11.4. The number of rotatable bonds is 7. The van der Waals surface area contributed by atoms with Crippen LogP contribution in [0, 0.1) is 10.1 Å². The Morgan fingerprint density at radius 2 is 1.89 bits per heavy atom. The number of anilines is 1. The van der Waals surface area contributed by atoms with Gasteiger partial charge >= 0.3 is 0 Å². The molecule has 5 rings (SSSR count). The fraction of sp³-hybridized carbons (Fsp3) is 0.154. The SMILES string of the molecule is CCOc1ccc(N2C(=S)N[C@@H](c3ccccn3)[C@H]2c2cccn2-c2cccc([N+](=O)[O-])c2)cc1. The van der Waals surface area contributed by atoms with Crippen LogP contribution in [0.15, 0.2) is 91.3 Å². The van der Waals surface area contributed by atoms with Crippen molar-refractivity contribution in [3.05, 3.63) is 113 Å². The Hall–Kier alpha value is -4.24. The standard InChI is InChI=1S/C26H23N5O3S/c1-2-34-21-13-11-18(12-14-21)30-25(24(28-26(30)35)22-9-3-4-15-27-22)23-10-6-16-29(23)19-7-5-8-20(17-19)31(32)33/h3-17,24-25H,2H2,1H3,(H,28,35)/t24-,25+/m0/s1. The number of nitrogens with one attached hydrogen (secondary N) is 1. The van der Waals surface area contributed by atoms with Crippen molar-refractivity contribution in [3.63, 3.8) is 0 Å². The molecule has 2 aromatic heterocycles. The van der Waals surface area contributed by atoms with Gasteiger partial charge in [0.15, 0.2) is 5.11 Å². The van der Waals surface area contributed by atoms with E-state index < -0.39 is 0 Å². The van der Waals surface area contributed by atoms with Gasteiger partial charge in [0, 0.05) is 35.9 Å². The second kappa shape index (κ2) is 9.55. The zero-order valence-electron chi connectivity index (χ0n) is 18.9. The number of hydrogen-bond acceptors (Lipinski definition) is 5. The summed E-state index contributed by atoms with van der Waals surface area (Å²) < 4.78 is 7.57. The van der Waals surface area contributed by atoms with E-state index in [0.29, 0.717) is 17.4 Å². The van der Waals surface area contributed by atoms with E-state index in [9.17, 15) is 10.1 Å². The van der Waals surface area contributed by atoms with Crippen molar-refractivity contribution in [2.24, 2.45) is 0 Å². The van der Waals surface area contributed by atoms with E-state index >= 15 is 0 Å². The first-order valence-electron chi connectivity index (χ1n) is 11.2. The third kappa shape index (κ3) is 4.33. The molecule has 9 heteroatoms. The van der Waals surface area contributed by atoms with Gasteiger partial charge in [0.25, 0.3) is 5.69 Å². The number of nitro benzene ring substituents is 1. The molecule has 176 valence electrons. The van der Waals surface area contributed by atoms with Crippen molar-refractivity contribution >= 4 is 28.7 Å². The molecule has 35 heavy (non-hydrogen) atoms. The van der Waals surface area contributed by atoms with Crippen LogP contribution in [0.5, 0.6) is 5.75 Å². The third-order valence-electron chi connectivity index (χ3n) is 5.93. The molecule has 2 aromatic carbocycles. The normalized spacial score (nSPS) is 17.3. The van der Waals surface area contributed by atoms with Crippen LogP contribution in [0.3, 0.4) is 0 Å². The summed E-state index contributed by atoms with van der Waals surface area (Å²) in [6, 6.07) is 23.6. The van der Waals surface area contributed by atoms with E-state index in [4.69, 9.17) is 17.0 Å². The fourth-order valence-electron chi connectivity index (χ4n) is 4.43. The molecule has 0 aliphatic carbocycles. The molecular weight excluding hydrogens is 462 g/mol. The summed E-state index contributed by atoms with van der Waals surface area (Å²) in [5.74, 6) is 0.784. The van der Waals surface area contributed by atoms with E-state index in [1.807, 2.05) is 78.4 Å². The lowest BCUT2D eigenvalue weighted by molar-refractivity contribution is -0.384.